The molecular weight excluding hydrogens is 216 g/mol. The maximum absolute atomic E-state index is 10.0. The number of aliphatic hydroxyl groups is 1. The number of hydrogen-bond acceptors (Lipinski definition) is 5. The molecule has 1 heterocycles. The Morgan fingerprint density at radius 1 is 1.41 bits per heavy atom. The number of nitrogens with zero attached hydrogens (tertiary/aromatic N) is 2. The number of anilines is 2. The number of aromatic nitrogens is 2. The van der Waals surface area contributed by atoms with Crippen molar-refractivity contribution in [3.8, 4) is 0 Å². The normalized spacial score (nSPS) is 14.4. The first kappa shape index (κ1) is 13.7. The zero-order valence-electron chi connectivity index (χ0n) is 10.8. The molecule has 0 amide bonds. The third-order valence-electron chi connectivity index (χ3n) is 2.55. The minimum absolute atomic E-state index is 0.453. The van der Waals surface area contributed by atoms with Crippen molar-refractivity contribution in [3.05, 3.63) is 11.9 Å². The molecule has 0 aromatic carbocycles. The largest absolute Gasteiger partial charge is 0.388 e. The van der Waals surface area contributed by atoms with Crippen LogP contribution in [0.1, 0.15) is 39.4 Å². The van der Waals surface area contributed by atoms with Gasteiger partial charge < -0.3 is 16.2 Å². The van der Waals surface area contributed by atoms with Crippen molar-refractivity contribution in [1.82, 2.24) is 9.97 Å². The Balaban J connectivity index is 2.65. The van der Waals surface area contributed by atoms with Gasteiger partial charge in [0.25, 0.3) is 0 Å². The SMILES string of the molecule is CCCC(C)(O)CNc1cc(N)nc(CC)n1. The molecule has 0 aliphatic rings. The quantitative estimate of drug-likeness (QED) is 0.701. The summed E-state index contributed by atoms with van der Waals surface area (Å²) in [6.45, 7) is 6.30. The Labute approximate surface area is 102 Å². The highest BCUT2D eigenvalue weighted by molar-refractivity contribution is 5.44. The molecule has 5 heteroatoms. The number of nitrogen functional groups attached to an aromatic ring is 1. The van der Waals surface area contributed by atoms with Crippen molar-refractivity contribution in [3.63, 3.8) is 0 Å². The second kappa shape index (κ2) is 5.82. The Hall–Kier alpha value is -1.36. The Bertz CT molecular complexity index is 366. The monoisotopic (exact) mass is 238 g/mol. The molecule has 0 aliphatic heterocycles. The molecule has 0 saturated carbocycles. The van der Waals surface area contributed by atoms with E-state index in [4.69, 9.17) is 5.73 Å². The van der Waals surface area contributed by atoms with Gasteiger partial charge in [-0.1, -0.05) is 20.3 Å². The number of hydrogen-bond donors (Lipinski definition) is 3. The fraction of sp³-hybridized carbons (Fsp3) is 0.667. The zero-order valence-corrected chi connectivity index (χ0v) is 10.8. The van der Waals surface area contributed by atoms with Gasteiger partial charge in [0.15, 0.2) is 0 Å². The molecular formula is C12H22N4O. The van der Waals surface area contributed by atoms with Gasteiger partial charge in [0.05, 0.1) is 5.60 Å². The van der Waals surface area contributed by atoms with Gasteiger partial charge in [-0.15, -0.1) is 0 Å². The summed E-state index contributed by atoms with van der Waals surface area (Å²) in [5, 5.41) is 13.1. The van der Waals surface area contributed by atoms with Gasteiger partial charge >= 0.3 is 0 Å². The topological polar surface area (TPSA) is 84.1 Å². The van der Waals surface area contributed by atoms with Crippen molar-refractivity contribution in [1.29, 1.82) is 0 Å². The first-order chi connectivity index (χ1) is 7.96. The number of rotatable bonds is 6. The number of aryl methyl sites for hydroxylation is 1. The summed E-state index contributed by atoms with van der Waals surface area (Å²) >= 11 is 0. The maximum Gasteiger partial charge on any atom is 0.132 e. The van der Waals surface area contributed by atoms with E-state index in [0.717, 1.165) is 19.3 Å². The van der Waals surface area contributed by atoms with E-state index in [9.17, 15) is 5.11 Å². The number of nitrogens with two attached hydrogens (primary N) is 1. The average molecular weight is 238 g/mol. The van der Waals surface area contributed by atoms with E-state index in [1.165, 1.54) is 0 Å². The minimum atomic E-state index is -0.721. The third kappa shape index (κ3) is 4.56. The van der Waals surface area contributed by atoms with Crippen LogP contribution in [0.25, 0.3) is 0 Å². The van der Waals surface area contributed by atoms with Crippen molar-refractivity contribution >= 4 is 11.6 Å². The van der Waals surface area contributed by atoms with Gasteiger partial charge in [-0.05, 0) is 13.3 Å². The first-order valence-electron chi connectivity index (χ1n) is 6.06. The molecule has 1 aromatic rings. The summed E-state index contributed by atoms with van der Waals surface area (Å²) in [5.74, 6) is 1.84. The molecule has 0 fully saturated rings. The van der Waals surface area contributed by atoms with Crippen LogP contribution in [0.2, 0.25) is 0 Å². The molecule has 17 heavy (non-hydrogen) atoms. The van der Waals surface area contributed by atoms with Crippen LogP contribution in [0.5, 0.6) is 0 Å². The van der Waals surface area contributed by atoms with Gasteiger partial charge in [0.1, 0.15) is 17.5 Å². The highest BCUT2D eigenvalue weighted by atomic mass is 16.3. The van der Waals surface area contributed by atoms with Crippen LogP contribution in [-0.2, 0) is 6.42 Å². The lowest BCUT2D eigenvalue weighted by molar-refractivity contribution is 0.0636. The summed E-state index contributed by atoms with van der Waals surface area (Å²) in [5.41, 5.74) is 4.96. The van der Waals surface area contributed by atoms with Gasteiger partial charge in [0, 0.05) is 19.0 Å². The van der Waals surface area contributed by atoms with Crippen molar-refractivity contribution in [2.45, 2.75) is 45.6 Å². The third-order valence-corrected chi connectivity index (χ3v) is 2.55. The summed E-state index contributed by atoms with van der Waals surface area (Å²) in [6.07, 6.45) is 2.44. The number of nitrogens with one attached hydrogen (secondary N) is 1. The summed E-state index contributed by atoms with van der Waals surface area (Å²) in [4.78, 5) is 8.40. The Morgan fingerprint density at radius 2 is 2.12 bits per heavy atom. The first-order valence-corrected chi connectivity index (χ1v) is 6.06. The fourth-order valence-corrected chi connectivity index (χ4v) is 1.67. The van der Waals surface area contributed by atoms with Gasteiger partial charge in [-0.25, -0.2) is 9.97 Å². The summed E-state index contributed by atoms with van der Waals surface area (Å²) in [7, 11) is 0. The van der Waals surface area contributed by atoms with E-state index in [1.54, 1.807) is 6.07 Å². The van der Waals surface area contributed by atoms with Crippen LogP contribution in [0.4, 0.5) is 11.6 Å². The van der Waals surface area contributed by atoms with Crippen LogP contribution in [0.3, 0.4) is 0 Å². The van der Waals surface area contributed by atoms with E-state index in [0.29, 0.717) is 24.0 Å². The molecule has 0 aliphatic carbocycles. The molecule has 0 radical (unpaired) electrons. The Morgan fingerprint density at radius 3 is 2.71 bits per heavy atom. The predicted molar refractivity (Wildman–Crippen MR) is 69.8 cm³/mol. The van der Waals surface area contributed by atoms with Crippen molar-refractivity contribution in [2.24, 2.45) is 0 Å². The lowest BCUT2D eigenvalue weighted by atomic mass is 10.0. The molecule has 4 N–H and O–H groups in total. The van der Waals surface area contributed by atoms with Gasteiger partial charge in [-0.2, -0.15) is 0 Å². The highest BCUT2D eigenvalue weighted by Crippen LogP contribution is 2.14. The predicted octanol–water partition coefficient (Wildman–Crippen LogP) is 1.58. The summed E-state index contributed by atoms with van der Waals surface area (Å²) in [6, 6.07) is 1.68. The van der Waals surface area contributed by atoms with E-state index >= 15 is 0 Å². The van der Waals surface area contributed by atoms with Gasteiger partial charge in [-0.3, -0.25) is 0 Å². The minimum Gasteiger partial charge on any atom is -0.388 e. The van der Waals surface area contributed by atoms with Crippen LogP contribution in [-0.4, -0.2) is 27.2 Å². The lowest BCUT2D eigenvalue weighted by Gasteiger charge is -2.23. The van der Waals surface area contributed by atoms with E-state index < -0.39 is 5.60 Å². The molecule has 96 valence electrons. The van der Waals surface area contributed by atoms with Crippen molar-refractivity contribution < 1.29 is 5.11 Å². The van der Waals surface area contributed by atoms with Crippen molar-refractivity contribution in [2.75, 3.05) is 17.6 Å². The molecule has 1 atom stereocenters. The van der Waals surface area contributed by atoms with E-state index in [2.05, 4.69) is 15.3 Å². The standard InChI is InChI=1S/C12H22N4O/c1-4-6-12(3,17)8-14-11-7-9(13)15-10(5-2)16-11/h7,17H,4-6,8H2,1-3H3,(H3,13,14,15,16). The van der Waals surface area contributed by atoms with Crippen LogP contribution >= 0.6 is 0 Å². The zero-order chi connectivity index (χ0) is 12.9. The van der Waals surface area contributed by atoms with Crippen LogP contribution < -0.4 is 11.1 Å². The molecule has 1 unspecified atom stereocenters. The Kier molecular flexibility index (Phi) is 4.69. The highest BCUT2D eigenvalue weighted by Gasteiger charge is 2.18. The lowest BCUT2D eigenvalue weighted by Crippen LogP contribution is -2.33. The molecule has 0 saturated heterocycles. The molecule has 5 nitrogen and oxygen atoms in total. The average Bonchev–Trinajstić information content (AvgIpc) is 2.26. The van der Waals surface area contributed by atoms with Crippen LogP contribution in [0.15, 0.2) is 6.07 Å². The fourth-order valence-electron chi connectivity index (χ4n) is 1.67. The van der Waals surface area contributed by atoms with Gasteiger partial charge in [0.2, 0.25) is 0 Å². The smallest absolute Gasteiger partial charge is 0.132 e. The molecule has 0 spiro atoms. The molecule has 1 aromatic heterocycles. The van der Waals surface area contributed by atoms with Crippen LogP contribution in [0, 0.1) is 0 Å². The molecule has 0 bridgehead atoms. The van der Waals surface area contributed by atoms with E-state index in [1.807, 2.05) is 20.8 Å². The summed E-state index contributed by atoms with van der Waals surface area (Å²) < 4.78 is 0. The van der Waals surface area contributed by atoms with E-state index in [-0.39, 0.29) is 0 Å². The molecule has 1 rings (SSSR count). The second-order valence-corrected chi connectivity index (χ2v) is 4.55. The maximum atomic E-state index is 10.0. The second-order valence-electron chi connectivity index (χ2n) is 4.55.